The third-order valence-electron chi connectivity index (χ3n) is 2.52. The van der Waals surface area contributed by atoms with Crippen molar-refractivity contribution in [3.05, 3.63) is 42.7 Å². The zero-order chi connectivity index (χ0) is 11.0. The van der Waals surface area contributed by atoms with Gasteiger partial charge in [-0.2, -0.15) is 0 Å². The van der Waals surface area contributed by atoms with E-state index in [4.69, 9.17) is 5.73 Å². The van der Waals surface area contributed by atoms with Crippen LogP contribution in [-0.2, 0) is 0 Å². The highest BCUT2D eigenvalue weighted by Crippen LogP contribution is 2.26. The average molecular weight is 210 g/mol. The maximum Gasteiger partial charge on any atom is 0.220 e. The summed E-state index contributed by atoms with van der Waals surface area (Å²) < 4.78 is 0. The lowest BCUT2D eigenvalue weighted by Crippen LogP contribution is -1.93. The van der Waals surface area contributed by atoms with Gasteiger partial charge in [-0.3, -0.25) is 0 Å². The minimum Gasteiger partial charge on any atom is -0.368 e. The van der Waals surface area contributed by atoms with Crippen molar-refractivity contribution in [2.45, 2.75) is 0 Å². The van der Waals surface area contributed by atoms with E-state index < -0.39 is 0 Å². The van der Waals surface area contributed by atoms with Crippen LogP contribution in [-0.4, -0.2) is 15.0 Å². The molecule has 0 aliphatic carbocycles. The Balaban J connectivity index is 2.29. The molecule has 2 heterocycles. The summed E-state index contributed by atoms with van der Waals surface area (Å²) in [7, 11) is 0. The number of aromatic amines is 1. The summed E-state index contributed by atoms with van der Waals surface area (Å²) in [5.74, 6) is 0.296. The lowest BCUT2D eigenvalue weighted by Gasteiger charge is -1.98. The van der Waals surface area contributed by atoms with Gasteiger partial charge in [0.05, 0.1) is 11.7 Å². The fourth-order valence-electron chi connectivity index (χ4n) is 1.76. The van der Waals surface area contributed by atoms with Gasteiger partial charge in [0.2, 0.25) is 5.95 Å². The molecule has 0 fully saturated rings. The predicted octanol–water partition coefficient (Wildman–Crippen LogP) is 2.21. The maximum atomic E-state index is 5.59. The van der Waals surface area contributed by atoms with Crippen LogP contribution < -0.4 is 5.73 Å². The summed E-state index contributed by atoms with van der Waals surface area (Å²) in [5.41, 5.74) is 9.51. The Kier molecular flexibility index (Phi) is 1.86. The van der Waals surface area contributed by atoms with Gasteiger partial charge in [0.25, 0.3) is 0 Å². The molecule has 2 aromatic heterocycles. The first kappa shape index (κ1) is 8.91. The van der Waals surface area contributed by atoms with Crippen molar-refractivity contribution in [3.8, 4) is 11.1 Å². The first-order valence-corrected chi connectivity index (χ1v) is 4.99. The van der Waals surface area contributed by atoms with Crippen molar-refractivity contribution in [3.63, 3.8) is 0 Å². The molecular formula is C12H10N4. The van der Waals surface area contributed by atoms with Crippen LogP contribution in [0.3, 0.4) is 0 Å². The Morgan fingerprint density at radius 1 is 1.12 bits per heavy atom. The minimum absolute atomic E-state index is 0.296. The van der Waals surface area contributed by atoms with Gasteiger partial charge in [0, 0.05) is 11.8 Å². The zero-order valence-corrected chi connectivity index (χ0v) is 8.51. The smallest absolute Gasteiger partial charge is 0.220 e. The summed E-state index contributed by atoms with van der Waals surface area (Å²) in [5, 5.41) is 0. The molecule has 3 N–H and O–H groups in total. The maximum absolute atomic E-state index is 5.59. The van der Waals surface area contributed by atoms with E-state index in [2.05, 4.69) is 15.0 Å². The number of hydrogen-bond acceptors (Lipinski definition) is 3. The molecule has 1 aromatic carbocycles. The van der Waals surface area contributed by atoms with Crippen LogP contribution in [0.2, 0.25) is 0 Å². The third-order valence-corrected chi connectivity index (χ3v) is 2.52. The quantitative estimate of drug-likeness (QED) is 0.647. The second-order valence-electron chi connectivity index (χ2n) is 3.56. The summed E-state index contributed by atoms with van der Waals surface area (Å²) in [6, 6.07) is 10.1. The van der Waals surface area contributed by atoms with Crippen molar-refractivity contribution >= 4 is 17.0 Å². The van der Waals surface area contributed by atoms with Crippen molar-refractivity contribution in [1.82, 2.24) is 15.0 Å². The number of benzene rings is 1. The largest absolute Gasteiger partial charge is 0.368 e. The molecule has 0 bridgehead atoms. The van der Waals surface area contributed by atoms with E-state index in [9.17, 15) is 0 Å². The van der Waals surface area contributed by atoms with E-state index in [1.165, 1.54) is 0 Å². The number of H-pyrrole nitrogens is 1. The van der Waals surface area contributed by atoms with Crippen LogP contribution in [0.1, 0.15) is 0 Å². The molecule has 0 aliphatic rings. The summed E-state index contributed by atoms with van der Waals surface area (Å²) in [4.78, 5) is 11.3. The van der Waals surface area contributed by atoms with E-state index >= 15 is 0 Å². The van der Waals surface area contributed by atoms with Gasteiger partial charge in [-0.15, -0.1) is 0 Å². The molecule has 3 rings (SSSR count). The van der Waals surface area contributed by atoms with Crippen LogP contribution >= 0.6 is 0 Å². The second-order valence-corrected chi connectivity index (χ2v) is 3.56. The Hall–Kier alpha value is -2.36. The molecule has 78 valence electrons. The molecule has 3 aromatic rings. The number of nitrogens with zero attached hydrogens (tertiary/aromatic N) is 2. The van der Waals surface area contributed by atoms with Gasteiger partial charge in [0.1, 0.15) is 5.52 Å². The third kappa shape index (κ3) is 1.32. The number of anilines is 1. The van der Waals surface area contributed by atoms with E-state index in [1.54, 1.807) is 6.20 Å². The molecule has 0 amide bonds. The average Bonchev–Trinajstić information content (AvgIpc) is 2.73. The standard InChI is InChI=1S/C12H10N4/c13-12-15-7-10-11(16-12)9(6-14-10)8-4-2-1-3-5-8/h1-7,14H,(H2,13,15,16). The highest BCUT2D eigenvalue weighted by atomic mass is 15.0. The van der Waals surface area contributed by atoms with Crippen molar-refractivity contribution in [2.75, 3.05) is 5.73 Å². The van der Waals surface area contributed by atoms with E-state index in [0.717, 1.165) is 22.2 Å². The van der Waals surface area contributed by atoms with Gasteiger partial charge in [0.15, 0.2) is 0 Å². The molecule has 0 saturated heterocycles. The zero-order valence-electron chi connectivity index (χ0n) is 8.51. The first-order chi connectivity index (χ1) is 7.84. The Morgan fingerprint density at radius 3 is 2.75 bits per heavy atom. The molecule has 16 heavy (non-hydrogen) atoms. The van der Waals surface area contributed by atoms with Crippen LogP contribution in [0.4, 0.5) is 5.95 Å². The van der Waals surface area contributed by atoms with Gasteiger partial charge < -0.3 is 10.7 Å². The van der Waals surface area contributed by atoms with Crippen LogP contribution in [0.15, 0.2) is 42.7 Å². The number of aromatic nitrogens is 3. The fourth-order valence-corrected chi connectivity index (χ4v) is 1.76. The predicted molar refractivity (Wildman–Crippen MR) is 63.7 cm³/mol. The Morgan fingerprint density at radius 2 is 1.94 bits per heavy atom. The van der Waals surface area contributed by atoms with Gasteiger partial charge in [-0.1, -0.05) is 30.3 Å². The van der Waals surface area contributed by atoms with Crippen LogP contribution in [0, 0.1) is 0 Å². The van der Waals surface area contributed by atoms with E-state index in [0.29, 0.717) is 5.95 Å². The van der Waals surface area contributed by atoms with Crippen molar-refractivity contribution < 1.29 is 0 Å². The second kappa shape index (κ2) is 3.34. The number of nitrogen functional groups attached to an aromatic ring is 1. The molecule has 0 atom stereocenters. The number of fused-ring (bicyclic) bond motifs is 1. The van der Waals surface area contributed by atoms with Gasteiger partial charge >= 0.3 is 0 Å². The molecule has 0 saturated carbocycles. The molecule has 4 heteroatoms. The Bertz CT molecular complexity index is 628. The summed E-state index contributed by atoms with van der Waals surface area (Å²) in [6.07, 6.45) is 3.62. The first-order valence-electron chi connectivity index (χ1n) is 4.99. The Labute approximate surface area is 92.2 Å². The monoisotopic (exact) mass is 210 g/mol. The van der Waals surface area contributed by atoms with Crippen molar-refractivity contribution in [2.24, 2.45) is 0 Å². The number of hydrogen-bond donors (Lipinski definition) is 2. The topological polar surface area (TPSA) is 67.6 Å². The molecule has 0 radical (unpaired) electrons. The summed E-state index contributed by atoms with van der Waals surface area (Å²) >= 11 is 0. The number of nitrogens with one attached hydrogen (secondary N) is 1. The number of nitrogens with two attached hydrogens (primary N) is 1. The molecule has 4 nitrogen and oxygen atoms in total. The molecule has 0 spiro atoms. The molecule has 0 unspecified atom stereocenters. The van der Waals surface area contributed by atoms with Gasteiger partial charge in [-0.05, 0) is 5.56 Å². The van der Waals surface area contributed by atoms with Crippen LogP contribution in [0.5, 0.6) is 0 Å². The van der Waals surface area contributed by atoms with E-state index in [-0.39, 0.29) is 0 Å². The lowest BCUT2D eigenvalue weighted by atomic mass is 10.1. The van der Waals surface area contributed by atoms with E-state index in [1.807, 2.05) is 36.5 Å². The lowest BCUT2D eigenvalue weighted by molar-refractivity contribution is 1.23. The SMILES string of the molecule is Nc1ncc2[nH]cc(-c3ccccc3)c2n1. The highest BCUT2D eigenvalue weighted by molar-refractivity contribution is 5.92. The van der Waals surface area contributed by atoms with Crippen LogP contribution in [0.25, 0.3) is 22.2 Å². The highest BCUT2D eigenvalue weighted by Gasteiger charge is 2.07. The fraction of sp³-hybridized carbons (Fsp3) is 0. The molecule has 0 aliphatic heterocycles. The summed E-state index contributed by atoms with van der Waals surface area (Å²) in [6.45, 7) is 0. The minimum atomic E-state index is 0.296. The molecular weight excluding hydrogens is 200 g/mol. The number of rotatable bonds is 1. The van der Waals surface area contributed by atoms with Crippen molar-refractivity contribution in [1.29, 1.82) is 0 Å². The normalized spacial score (nSPS) is 10.8. The van der Waals surface area contributed by atoms with Gasteiger partial charge in [-0.25, -0.2) is 9.97 Å².